The maximum absolute atomic E-state index is 11.1. The summed E-state index contributed by atoms with van der Waals surface area (Å²) in [5.41, 5.74) is 0. The van der Waals surface area contributed by atoms with Crippen molar-refractivity contribution in [2.75, 3.05) is 26.5 Å². The highest BCUT2D eigenvalue weighted by Crippen LogP contribution is 2.19. The largest absolute Gasteiger partial charge is 0.354 e. The molecule has 0 bridgehead atoms. The molecule has 0 unspecified atom stereocenters. The minimum atomic E-state index is -0.536. The topological polar surface area (TPSA) is 55.8 Å². The first-order valence-corrected chi connectivity index (χ1v) is 4.70. The monoisotopic (exact) mass is 205 g/mol. The van der Waals surface area contributed by atoms with Gasteiger partial charge in [-0.3, -0.25) is 14.5 Å². The SMILES string of the molecule is COC(CN1C(=O)CSC1=O)OC. The minimum Gasteiger partial charge on any atom is -0.354 e. The fourth-order valence-electron chi connectivity index (χ4n) is 0.952. The quantitative estimate of drug-likeness (QED) is 0.618. The Morgan fingerprint density at radius 1 is 1.46 bits per heavy atom. The molecule has 74 valence electrons. The second kappa shape index (κ2) is 4.59. The van der Waals surface area contributed by atoms with Gasteiger partial charge >= 0.3 is 0 Å². The van der Waals surface area contributed by atoms with Gasteiger partial charge in [0.05, 0.1) is 12.3 Å². The Hall–Kier alpha value is -0.590. The van der Waals surface area contributed by atoms with Crippen LogP contribution < -0.4 is 0 Å². The van der Waals surface area contributed by atoms with Gasteiger partial charge in [0.15, 0.2) is 6.29 Å². The van der Waals surface area contributed by atoms with Crippen molar-refractivity contribution in [1.82, 2.24) is 4.90 Å². The number of amides is 2. The zero-order chi connectivity index (χ0) is 9.84. The smallest absolute Gasteiger partial charge is 0.288 e. The summed E-state index contributed by atoms with van der Waals surface area (Å²) in [5.74, 6) is 0.0352. The molecule has 1 saturated heterocycles. The molecule has 1 aliphatic heterocycles. The molecule has 2 amide bonds. The van der Waals surface area contributed by atoms with Gasteiger partial charge in [-0.15, -0.1) is 0 Å². The summed E-state index contributed by atoms with van der Waals surface area (Å²) >= 11 is 1.00. The molecule has 0 aromatic heterocycles. The molecule has 0 saturated carbocycles. The molecular weight excluding hydrogens is 194 g/mol. The molecule has 0 aromatic rings. The van der Waals surface area contributed by atoms with E-state index >= 15 is 0 Å². The van der Waals surface area contributed by atoms with E-state index in [-0.39, 0.29) is 23.4 Å². The van der Waals surface area contributed by atoms with Gasteiger partial charge in [-0.1, -0.05) is 11.8 Å². The number of carbonyl (C=O) groups is 2. The summed E-state index contributed by atoms with van der Waals surface area (Å²) in [4.78, 5) is 23.4. The fraction of sp³-hybridized carbons (Fsp3) is 0.714. The van der Waals surface area contributed by atoms with Gasteiger partial charge in [-0.05, 0) is 0 Å². The summed E-state index contributed by atoms with van der Waals surface area (Å²) in [5, 5.41) is -0.232. The third-order valence-corrected chi connectivity index (χ3v) is 2.56. The lowest BCUT2D eigenvalue weighted by Crippen LogP contribution is -2.37. The van der Waals surface area contributed by atoms with Crippen LogP contribution in [0.5, 0.6) is 0 Å². The van der Waals surface area contributed by atoms with Gasteiger partial charge in [-0.25, -0.2) is 0 Å². The Balaban J connectivity index is 2.51. The van der Waals surface area contributed by atoms with Crippen molar-refractivity contribution in [1.29, 1.82) is 0 Å². The van der Waals surface area contributed by atoms with Gasteiger partial charge in [0.1, 0.15) is 0 Å². The van der Waals surface area contributed by atoms with E-state index in [4.69, 9.17) is 9.47 Å². The summed E-state index contributed by atoms with van der Waals surface area (Å²) < 4.78 is 9.76. The Morgan fingerprint density at radius 3 is 2.46 bits per heavy atom. The zero-order valence-electron chi connectivity index (χ0n) is 7.48. The molecule has 1 rings (SSSR count). The zero-order valence-corrected chi connectivity index (χ0v) is 8.30. The van der Waals surface area contributed by atoms with Crippen LogP contribution in [0.25, 0.3) is 0 Å². The van der Waals surface area contributed by atoms with Gasteiger partial charge in [0, 0.05) is 14.2 Å². The number of methoxy groups -OCH3 is 2. The molecule has 13 heavy (non-hydrogen) atoms. The van der Waals surface area contributed by atoms with E-state index < -0.39 is 6.29 Å². The molecule has 0 aliphatic carbocycles. The summed E-state index contributed by atoms with van der Waals surface area (Å²) in [6.07, 6.45) is -0.536. The van der Waals surface area contributed by atoms with Crippen molar-refractivity contribution in [3.63, 3.8) is 0 Å². The molecule has 1 fully saturated rings. The molecule has 5 nitrogen and oxygen atoms in total. The minimum absolute atomic E-state index is 0.164. The summed E-state index contributed by atoms with van der Waals surface area (Å²) in [6.45, 7) is 0.164. The van der Waals surface area contributed by atoms with Gasteiger partial charge in [-0.2, -0.15) is 0 Å². The highest BCUT2D eigenvalue weighted by molar-refractivity contribution is 8.14. The first-order chi connectivity index (χ1) is 6.19. The van der Waals surface area contributed by atoms with Crippen molar-refractivity contribution in [2.24, 2.45) is 0 Å². The van der Waals surface area contributed by atoms with Crippen LogP contribution >= 0.6 is 11.8 Å². The number of ether oxygens (including phenoxy) is 2. The van der Waals surface area contributed by atoms with Crippen molar-refractivity contribution < 1.29 is 19.1 Å². The van der Waals surface area contributed by atoms with Gasteiger partial charge in [0.2, 0.25) is 5.91 Å². The van der Waals surface area contributed by atoms with Crippen LogP contribution in [0.4, 0.5) is 4.79 Å². The number of nitrogens with zero attached hydrogens (tertiary/aromatic N) is 1. The van der Waals surface area contributed by atoms with Crippen LogP contribution in [0.1, 0.15) is 0 Å². The van der Waals surface area contributed by atoms with E-state index in [1.54, 1.807) is 0 Å². The maximum atomic E-state index is 11.1. The van der Waals surface area contributed by atoms with Crippen molar-refractivity contribution in [2.45, 2.75) is 6.29 Å². The van der Waals surface area contributed by atoms with E-state index in [0.717, 1.165) is 16.7 Å². The van der Waals surface area contributed by atoms with E-state index in [0.29, 0.717) is 0 Å². The lowest BCUT2D eigenvalue weighted by Gasteiger charge is -2.18. The standard InChI is InChI=1S/C7H11NO4S/c1-11-6(12-2)3-8-5(9)4-13-7(8)10/h6H,3-4H2,1-2H3. The van der Waals surface area contributed by atoms with Crippen molar-refractivity contribution in [3.8, 4) is 0 Å². The highest BCUT2D eigenvalue weighted by atomic mass is 32.2. The lowest BCUT2D eigenvalue weighted by molar-refractivity contribution is -0.136. The predicted molar refractivity (Wildman–Crippen MR) is 47.4 cm³/mol. The predicted octanol–water partition coefficient (Wildman–Crippen LogP) is 0.301. The van der Waals surface area contributed by atoms with E-state index in [1.165, 1.54) is 14.2 Å². The van der Waals surface area contributed by atoms with Crippen LogP contribution in [-0.2, 0) is 14.3 Å². The van der Waals surface area contributed by atoms with Crippen LogP contribution in [0.15, 0.2) is 0 Å². The molecule has 0 aromatic carbocycles. The van der Waals surface area contributed by atoms with Crippen LogP contribution in [0.3, 0.4) is 0 Å². The van der Waals surface area contributed by atoms with E-state index in [1.807, 2.05) is 0 Å². The van der Waals surface area contributed by atoms with Crippen molar-refractivity contribution in [3.05, 3.63) is 0 Å². The molecule has 1 heterocycles. The Labute approximate surface area is 80.4 Å². The van der Waals surface area contributed by atoms with E-state index in [2.05, 4.69) is 0 Å². The molecule has 0 spiro atoms. The normalized spacial score (nSPS) is 17.6. The second-order valence-corrected chi connectivity index (χ2v) is 3.39. The molecule has 0 radical (unpaired) electrons. The van der Waals surface area contributed by atoms with Crippen LogP contribution in [0, 0.1) is 0 Å². The van der Waals surface area contributed by atoms with Gasteiger partial charge in [0.25, 0.3) is 5.24 Å². The first-order valence-electron chi connectivity index (χ1n) is 3.71. The van der Waals surface area contributed by atoms with Crippen LogP contribution in [-0.4, -0.2) is 48.9 Å². The molecule has 0 atom stereocenters. The lowest BCUT2D eigenvalue weighted by atomic mass is 10.5. The average Bonchev–Trinajstić information content (AvgIpc) is 2.44. The second-order valence-electron chi connectivity index (χ2n) is 2.46. The van der Waals surface area contributed by atoms with Gasteiger partial charge < -0.3 is 9.47 Å². The number of thioether (sulfide) groups is 1. The Kier molecular flexibility index (Phi) is 3.71. The Bertz CT molecular complexity index is 201. The molecule has 0 N–H and O–H groups in total. The fourth-order valence-corrected chi connectivity index (χ4v) is 1.69. The van der Waals surface area contributed by atoms with Crippen LogP contribution in [0.2, 0.25) is 0 Å². The van der Waals surface area contributed by atoms with E-state index in [9.17, 15) is 9.59 Å². The number of hydrogen-bond acceptors (Lipinski definition) is 5. The molecule has 6 heteroatoms. The molecular formula is C7H11NO4S. The number of imide groups is 1. The number of hydrogen-bond donors (Lipinski definition) is 0. The third kappa shape index (κ3) is 2.43. The highest BCUT2D eigenvalue weighted by Gasteiger charge is 2.31. The maximum Gasteiger partial charge on any atom is 0.288 e. The average molecular weight is 205 g/mol. The van der Waals surface area contributed by atoms with Crippen molar-refractivity contribution >= 4 is 22.9 Å². The number of carbonyl (C=O) groups excluding carboxylic acids is 2. The summed E-state index contributed by atoms with van der Waals surface area (Å²) in [7, 11) is 2.93. The number of rotatable bonds is 4. The Morgan fingerprint density at radius 2 is 2.08 bits per heavy atom. The molecule has 1 aliphatic rings. The third-order valence-electron chi connectivity index (χ3n) is 1.70. The first kappa shape index (κ1) is 10.5. The summed E-state index contributed by atoms with van der Waals surface area (Å²) in [6, 6.07) is 0.